The molecule has 6 nitrogen and oxygen atoms in total. The molecule has 1 saturated carbocycles. The molecule has 1 atom stereocenters. The van der Waals surface area contributed by atoms with Gasteiger partial charge in [0.15, 0.2) is 0 Å². The number of nitrogens with zero attached hydrogens (tertiary/aromatic N) is 2. The molecular weight excluding hydrogens is 327 g/mol. The van der Waals surface area contributed by atoms with Crippen LogP contribution in [-0.2, 0) is 0 Å². The number of carboxylic acid groups (broad SMARTS) is 1. The van der Waals surface area contributed by atoms with Crippen LogP contribution in [0.25, 0.3) is 10.9 Å². The summed E-state index contributed by atoms with van der Waals surface area (Å²) in [6, 6.07) is 2.96. The van der Waals surface area contributed by atoms with E-state index in [-0.39, 0.29) is 29.5 Å². The maximum Gasteiger partial charge on any atom is 0.341 e. The van der Waals surface area contributed by atoms with Gasteiger partial charge < -0.3 is 19.7 Å². The van der Waals surface area contributed by atoms with Crippen molar-refractivity contribution in [1.82, 2.24) is 4.57 Å². The summed E-state index contributed by atoms with van der Waals surface area (Å²) in [6.45, 7) is 1.29. The number of pyridine rings is 1. The van der Waals surface area contributed by atoms with Crippen molar-refractivity contribution >= 4 is 22.6 Å². The summed E-state index contributed by atoms with van der Waals surface area (Å²) in [5.74, 6) is -1.71. The van der Waals surface area contributed by atoms with Crippen LogP contribution in [0.4, 0.5) is 10.1 Å². The second-order valence-electron chi connectivity index (χ2n) is 6.92. The lowest BCUT2D eigenvalue weighted by Gasteiger charge is -2.21. The van der Waals surface area contributed by atoms with Crippen molar-refractivity contribution < 1.29 is 19.4 Å². The van der Waals surface area contributed by atoms with E-state index in [1.165, 1.54) is 6.20 Å². The number of rotatable bonds is 4. The highest BCUT2D eigenvalue weighted by Crippen LogP contribution is 2.38. The van der Waals surface area contributed by atoms with Crippen molar-refractivity contribution in [3.8, 4) is 0 Å². The van der Waals surface area contributed by atoms with Crippen molar-refractivity contribution in [2.75, 3.05) is 24.6 Å². The van der Waals surface area contributed by atoms with Crippen molar-refractivity contribution in [1.29, 1.82) is 0 Å². The molecule has 25 heavy (non-hydrogen) atoms. The molecule has 2 fully saturated rings. The van der Waals surface area contributed by atoms with E-state index in [0.717, 1.165) is 25.3 Å². The van der Waals surface area contributed by atoms with Crippen LogP contribution >= 0.6 is 0 Å². The Kier molecular flexibility index (Phi) is 3.76. The zero-order valence-corrected chi connectivity index (χ0v) is 13.6. The molecule has 1 unspecified atom stereocenters. The summed E-state index contributed by atoms with van der Waals surface area (Å²) in [5, 5.41) is 18.7. The second-order valence-corrected chi connectivity index (χ2v) is 6.92. The number of hydrogen-bond acceptors (Lipinski definition) is 4. The molecule has 0 bridgehead atoms. The van der Waals surface area contributed by atoms with E-state index in [4.69, 9.17) is 0 Å². The summed E-state index contributed by atoms with van der Waals surface area (Å²) in [7, 11) is 0. The van der Waals surface area contributed by atoms with Crippen molar-refractivity contribution in [2.24, 2.45) is 5.92 Å². The van der Waals surface area contributed by atoms with E-state index in [0.29, 0.717) is 24.3 Å². The highest BCUT2D eigenvalue weighted by Gasteiger charge is 2.29. The molecular formula is C18H19FN2O4. The third-order valence-electron chi connectivity index (χ3n) is 5.16. The number of aromatic nitrogens is 1. The lowest BCUT2D eigenvalue weighted by Crippen LogP contribution is -2.23. The van der Waals surface area contributed by atoms with Crippen LogP contribution in [0.1, 0.15) is 35.7 Å². The fraction of sp³-hybridized carbons (Fsp3) is 0.444. The van der Waals surface area contributed by atoms with Crippen LogP contribution in [0, 0.1) is 11.7 Å². The van der Waals surface area contributed by atoms with E-state index >= 15 is 0 Å². The maximum atomic E-state index is 14.7. The van der Waals surface area contributed by atoms with Gasteiger partial charge >= 0.3 is 5.97 Å². The maximum absolute atomic E-state index is 14.7. The van der Waals surface area contributed by atoms with Gasteiger partial charge in [-0.1, -0.05) is 0 Å². The zero-order valence-electron chi connectivity index (χ0n) is 13.6. The average Bonchev–Trinajstić information content (AvgIpc) is 3.31. The molecule has 0 amide bonds. The Bertz CT molecular complexity index is 919. The van der Waals surface area contributed by atoms with Crippen LogP contribution in [0.3, 0.4) is 0 Å². The standard InChI is InChI=1S/C18H19FN2O4/c19-14-5-12-15(6-16(14)20-4-3-10(7-20)9-22)21(11-1-2-11)8-13(17(12)23)18(24)25/h5-6,8,10-11,22H,1-4,7,9H2,(H,24,25). The van der Waals surface area contributed by atoms with Gasteiger partial charge in [-0.3, -0.25) is 4.79 Å². The average molecular weight is 346 g/mol. The van der Waals surface area contributed by atoms with Gasteiger partial charge in [0.1, 0.15) is 11.4 Å². The van der Waals surface area contributed by atoms with Crippen molar-refractivity contribution in [3.05, 3.63) is 39.9 Å². The van der Waals surface area contributed by atoms with Crippen LogP contribution in [0.2, 0.25) is 0 Å². The minimum atomic E-state index is -1.30. The number of benzene rings is 1. The number of aliphatic hydroxyl groups excluding tert-OH is 1. The Morgan fingerprint density at radius 1 is 1.28 bits per heavy atom. The topological polar surface area (TPSA) is 82.8 Å². The molecule has 4 rings (SSSR count). The third-order valence-corrected chi connectivity index (χ3v) is 5.16. The lowest BCUT2D eigenvalue weighted by atomic mass is 10.1. The number of carboxylic acids is 1. The van der Waals surface area contributed by atoms with Gasteiger partial charge in [-0.15, -0.1) is 0 Å². The van der Waals surface area contributed by atoms with Gasteiger partial charge in [-0.05, 0) is 31.4 Å². The Balaban J connectivity index is 1.90. The molecule has 0 spiro atoms. The Labute approximate surface area is 143 Å². The predicted molar refractivity (Wildman–Crippen MR) is 90.8 cm³/mol. The van der Waals surface area contributed by atoms with E-state index in [2.05, 4.69) is 0 Å². The normalized spacial score (nSPS) is 20.4. The van der Waals surface area contributed by atoms with Crippen molar-refractivity contribution in [3.63, 3.8) is 0 Å². The number of anilines is 1. The summed E-state index contributed by atoms with van der Waals surface area (Å²) >= 11 is 0. The first-order valence-electron chi connectivity index (χ1n) is 8.47. The highest BCUT2D eigenvalue weighted by molar-refractivity contribution is 5.93. The lowest BCUT2D eigenvalue weighted by molar-refractivity contribution is 0.0695. The van der Waals surface area contributed by atoms with Crippen molar-refractivity contribution in [2.45, 2.75) is 25.3 Å². The van der Waals surface area contributed by atoms with Gasteiger partial charge in [0, 0.05) is 43.2 Å². The summed E-state index contributed by atoms with van der Waals surface area (Å²) in [5.41, 5.74) is -0.00533. The number of fused-ring (bicyclic) bond motifs is 1. The zero-order chi connectivity index (χ0) is 17.7. The largest absolute Gasteiger partial charge is 0.477 e. The number of halogens is 1. The van der Waals surface area contributed by atoms with Crippen LogP contribution < -0.4 is 10.3 Å². The van der Waals surface area contributed by atoms with Gasteiger partial charge in [-0.2, -0.15) is 0 Å². The van der Waals surface area contributed by atoms with E-state index in [9.17, 15) is 24.2 Å². The fourth-order valence-corrected chi connectivity index (χ4v) is 3.61. The molecule has 2 N–H and O–H groups in total. The highest BCUT2D eigenvalue weighted by atomic mass is 19.1. The minimum Gasteiger partial charge on any atom is -0.477 e. The summed E-state index contributed by atoms with van der Waals surface area (Å²) in [4.78, 5) is 25.7. The summed E-state index contributed by atoms with van der Waals surface area (Å²) < 4.78 is 16.5. The van der Waals surface area contributed by atoms with E-state index in [1.54, 1.807) is 10.6 Å². The number of aliphatic hydroxyl groups is 1. The van der Waals surface area contributed by atoms with Crippen LogP contribution in [-0.4, -0.2) is 40.4 Å². The molecule has 1 aliphatic carbocycles. The Morgan fingerprint density at radius 2 is 2.04 bits per heavy atom. The molecule has 0 radical (unpaired) electrons. The first-order chi connectivity index (χ1) is 12.0. The monoisotopic (exact) mass is 346 g/mol. The Morgan fingerprint density at radius 3 is 2.64 bits per heavy atom. The van der Waals surface area contributed by atoms with Crippen LogP contribution in [0.5, 0.6) is 0 Å². The molecule has 1 aromatic heterocycles. The fourth-order valence-electron chi connectivity index (χ4n) is 3.61. The van der Waals surface area contributed by atoms with Crippen LogP contribution in [0.15, 0.2) is 23.1 Å². The van der Waals surface area contributed by atoms with Gasteiger partial charge in [0.2, 0.25) is 5.43 Å². The van der Waals surface area contributed by atoms with Gasteiger partial charge in [-0.25, -0.2) is 9.18 Å². The first-order valence-corrected chi connectivity index (χ1v) is 8.47. The molecule has 1 aromatic carbocycles. The first kappa shape index (κ1) is 16.1. The van der Waals surface area contributed by atoms with E-state index < -0.39 is 17.2 Å². The Hall–Kier alpha value is -2.41. The quantitative estimate of drug-likeness (QED) is 0.885. The molecule has 2 aliphatic rings. The van der Waals surface area contributed by atoms with Gasteiger partial charge in [0.05, 0.1) is 11.2 Å². The molecule has 1 aliphatic heterocycles. The summed E-state index contributed by atoms with van der Waals surface area (Å²) in [6.07, 6.45) is 4.01. The predicted octanol–water partition coefficient (Wildman–Crippen LogP) is 1.99. The molecule has 132 valence electrons. The third kappa shape index (κ3) is 2.68. The SMILES string of the molecule is O=C(O)c1cn(C2CC2)c2cc(N3CCC(CO)C3)c(F)cc2c1=O. The second kappa shape index (κ2) is 5.84. The number of aromatic carboxylic acids is 1. The minimum absolute atomic E-state index is 0.0699. The molecule has 1 saturated heterocycles. The van der Waals surface area contributed by atoms with Gasteiger partial charge in [0.25, 0.3) is 0 Å². The molecule has 2 heterocycles. The smallest absolute Gasteiger partial charge is 0.341 e. The van der Waals surface area contributed by atoms with E-state index in [1.807, 2.05) is 4.90 Å². The molecule has 2 aromatic rings. The molecule has 7 heteroatoms. The number of hydrogen-bond donors (Lipinski definition) is 2. The number of carbonyl (C=O) groups is 1.